The molecule has 1 aromatic rings. The normalized spacial score (nSPS) is 15.0. The molecule has 0 fully saturated rings. The van der Waals surface area contributed by atoms with Crippen molar-refractivity contribution in [2.45, 2.75) is 46.1 Å². The van der Waals surface area contributed by atoms with Gasteiger partial charge in [0.15, 0.2) is 0 Å². The van der Waals surface area contributed by atoms with Gasteiger partial charge < -0.3 is 5.32 Å². The van der Waals surface area contributed by atoms with Gasteiger partial charge in [-0.15, -0.1) is 11.3 Å². The average Bonchev–Trinajstić information content (AvgIpc) is 2.70. The van der Waals surface area contributed by atoms with Crippen LogP contribution in [0.5, 0.6) is 0 Å². The van der Waals surface area contributed by atoms with Crippen molar-refractivity contribution < 1.29 is 0 Å². The lowest BCUT2D eigenvalue weighted by Crippen LogP contribution is -2.23. The summed E-state index contributed by atoms with van der Waals surface area (Å²) in [5, 5.41) is 5.91. The molecule has 0 amide bonds. The van der Waals surface area contributed by atoms with Crippen molar-refractivity contribution in [3.05, 3.63) is 20.8 Å². The van der Waals surface area contributed by atoms with Crippen molar-refractivity contribution in [1.82, 2.24) is 5.32 Å². The molecule has 0 aliphatic carbocycles. The van der Waals surface area contributed by atoms with Gasteiger partial charge in [-0.25, -0.2) is 0 Å². The SMILES string of the molecule is CCCNC(CC(C)CC)c1csc(Br)c1. The standard InChI is InChI=1S/C13H22BrNS/c1-4-6-15-12(7-10(3)5-2)11-8-13(14)16-9-11/h8-10,12,15H,4-7H2,1-3H3. The van der Waals surface area contributed by atoms with Gasteiger partial charge in [-0.2, -0.15) is 0 Å². The van der Waals surface area contributed by atoms with Crippen molar-refractivity contribution in [1.29, 1.82) is 0 Å². The largest absolute Gasteiger partial charge is 0.310 e. The lowest BCUT2D eigenvalue weighted by molar-refractivity contribution is 0.403. The Morgan fingerprint density at radius 3 is 2.69 bits per heavy atom. The van der Waals surface area contributed by atoms with Crippen LogP contribution in [0.15, 0.2) is 15.2 Å². The molecule has 1 rings (SSSR count). The summed E-state index contributed by atoms with van der Waals surface area (Å²) in [5.41, 5.74) is 1.44. The molecule has 0 spiro atoms. The Bertz CT molecular complexity index is 298. The molecule has 1 aromatic heterocycles. The smallest absolute Gasteiger partial charge is 0.0701 e. The number of hydrogen-bond acceptors (Lipinski definition) is 2. The van der Waals surface area contributed by atoms with Gasteiger partial charge in [0, 0.05) is 6.04 Å². The highest BCUT2D eigenvalue weighted by molar-refractivity contribution is 9.11. The van der Waals surface area contributed by atoms with Gasteiger partial charge in [0.2, 0.25) is 0 Å². The second kappa shape index (κ2) is 7.46. The predicted molar refractivity (Wildman–Crippen MR) is 77.1 cm³/mol. The van der Waals surface area contributed by atoms with Gasteiger partial charge in [-0.05, 0) is 58.2 Å². The van der Waals surface area contributed by atoms with Crippen LogP contribution in [0.1, 0.15) is 51.6 Å². The molecule has 1 nitrogen and oxygen atoms in total. The Labute approximate surface area is 112 Å². The van der Waals surface area contributed by atoms with Gasteiger partial charge in [0.1, 0.15) is 0 Å². The summed E-state index contributed by atoms with van der Waals surface area (Å²) in [7, 11) is 0. The first-order valence-electron chi connectivity index (χ1n) is 6.14. The Hall–Kier alpha value is 0.140. The third kappa shape index (κ3) is 4.56. The maximum atomic E-state index is 3.65. The van der Waals surface area contributed by atoms with E-state index in [1.807, 2.05) is 0 Å². The van der Waals surface area contributed by atoms with E-state index < -0.39 is 0 Å². The van der Waals surface area contributed by atoms with E-state index in [-0.39, 0.29) is 0 Å². The number of halogens is 1. The highest BCUT2D eigenvalue weighted by atomic mass is 79.9. The molecule has 2 unspecified atom stereocenters. The van der Waals surface area contributed by atoms with Crippen molar-refractivity contribution in [3.63, 3.8) is 0 Å². The molecule has 0 aromatic carbocycles. The highest BCUT2D eigenvalue weighted by Gasteiger charge is 2.14. The Morgan fingerprint density at radius 1 is 1.44 bits per heavy atom. The number of rotatable bonds is 7. The Balaban J connectivity index is 2.62. The van der Waals surface area contributed by atoms with Crippen molar-refractivity contribution >= 4 is 27.3 Å². The predicted octanol–water partition coefficient (Wildman–Crippen LogP) is 4.99. The summed E-state index contributed by atoms with van der Waals surface area (Å²) in [4.78, 5) is 0. The summed E-state index contributed by atoms with van der Waals surface area (Å²) < 4.78 is 1.23. The van der Waals surface area contributed by atoms with Crippen LogP contribution < -0.4 is 5.32 Å². The first-order valence-corrected chi connectivity index (χ1v) is 7.81. The Kier molecular flexibility index (Phi) is 6.62. The summed E-state index contributed by atoms with van der Waals surface area (Å²) in [6.07, 6.45) is 3.69. The zero-order valence-electron chi connectivity index (χ0n) is 10.4. The van der Waals surface area contributed by atoms with Gasteiger partial charge in [0.25, 0.3) is 0 Å². The third-order valence-electron chi connectivity index (χ3n) is 2.97. The van der Waals surface area contributed by atoms with Gasteiger partial charge in [0.05, 0.1) is 3.79 Å². The van der Waals surface area contributed by atoms with Crippen LogP contribution in [0.3, 0.4) is 0 Å². The zero-order chi connectivity index (χ0) is 12.0. The molecule has 3 heteroatoms. The molecule has 16 heavy (non-hydrogen) atoms. The molecule has 2 atom stereocenters. The van der Waals surface area contributed by atoms with Crippen LogP contribution in [-0.4, -0.2) is 6.54 Å². The molecular weight excluding hydrogens is 282 g/mol. The first kappa shape index (κ1) is 14.2. The van der Waals surface area contributed by atoms with E-state index >= 15 is 0 Å². The summed E-state index contributed by atoms with van der Waals surface area (Å²) in [6.45, 7) is 7.93. The molecule has 0 aliphatic rings. The fourth-order valence-corrected chi connectivity index (χ4v) is 2.96. The van der Waals surface area contributed by atoms with Crippen LogP contribution in [-0.2, 0) is 0 Å². The molecular formula is C13H22BrNS. The van der Waals surface area contributed by atoms with Crippen LogP contribution in [0, 0.1) is 5.92 Å². The second-order valence-corrected chi connectivity index (χ2v) is 6.73. The van der Waals surface area contributed by atoms with Crippen molar-refractivity contribution in [3.8, 4) is 0 Å². The van der Waals surface area contributed by atoms with Crippen LogP contribution >= 0.6 is 27.3 Å². The van der Waals surface area contributed by atoms with Gasteiger partial charge in [-0.3, -0.25) is 0 Å². The minimum Gasteiger partial charge on any atom is -0.310 e. The first-order chi connectivity index (χ1) is 7.67. The molecule has 0 aliphatic heterocycles. The van der Waals surface area contributed by atoms with Crippen LogP contribution in [0.25, 0.3) is 0 Å². The van der Waals surface area contributed by atoms with E-state index in [1.165, 1.54) is 28.6 Å². The van der Waals surface area contributed by atoms with Crippen LogP contribution in [0.2, 0.25) is 0 Å². The monoisotopic (exact) mass is 303 g/mol. The van der Waals surface area contributed by atoms with Crippen LogP contribution in [0.4, 0.5) is 0 Å². The van der Waals surface area contributed by atoms with E-state index in [0.717, 1.165) is 12.5 Å². The average molecular weight is 304 g/mol. The van der Waals surface area contributed by atoms with E-state index in [1.54, 1.807) is 11.3 Å². The van der Waals surface area contributed by atoms with Gasteiger partial charge in [-0.1, -0.05) is 27.2 Å². The lowest BCUT2D eigenvalue weighted by atomic mass is 9.96. The summed E-state index contributed by atoms with van der Waals surface area (Å²) in [6, 6.07) is 2.78. The van der Waals surface area contributed by atoms with Crippen molar-refractivity contribution in [2.24, 2.45) is 5.92 Å². The second-order valence-electron chi connectivity index (χ2n) is 4.44. The molecule has 0 saturated heterocycles. The number of hydrogen-bond donors (Lipinski definition) is 1. The number of thiophene rings is 1. The highest BCUT2D eigenvalue weighted by Crippen LogP contribution is 2.29. The molecule has 0 saturated carbocycles. The minimum absolute atomic E-state index is 0.525. The topological polar surface area (TPSA) is 12.0 Å². The van der Waals surface area contributed by atoms with Gasteiger partial charge >= 0.3 is 0 Å². The quantitative estimate of drug-likeness (QED) is 0.748. The molecule has 1 heterocycles. The molecule has 0 radical (unpaired) electrons. The fourth-order valence-electron chi connectivity index (χ4n) is 1.73. The fraction of sp³-hybridized carbons (Fsp3) is 0.692. The number of nitrogens with one attached hydrogen (secondary N) is 1. The molecule has 0 bridgehead atoms. The summed E-state index contributed by atoms with van der Waals surface area (Å²) >= 11 is 5.32. The van der Waals surface area contributed by atoms with E-state index in [4.69, 9.17) is 0 Å². The van der Waals surface area contributed by atoms with E-state index in [0.29, 0.717) is 6.04 Å². The van der Waals surface area contributed by atoms with E-state index in [2.05, 4.69) is 53.5 Å². The lowest BCUT2D eigenvalue weighted by Gasteiger charge is -2.20. The third-order valence-corrected chi connectivity index (χ3v) is 4.49. The molecule has 92 valence electrons. The maximum Gasteiger partial charge on any atom is 0.0701 e. The van der Waals surface area contributed by atoms with Crippen molar-refractivity contribution in [2.75, 3.05) is 6.54 Å². The minimum atomic E-state index is 0.525. The summed E-state index contributed by atoms with van der Waals surface area (Å²) in [5.74, 6) is 0.785. The maximum absolute atomic E-state index is 3.65. The molecule has 1 N–H and O–H groups in total. The Morgan fingerprint density at radius 2 is 2.19 bits per heavy atom. The zero-order valence-corrected chi connectivity index (χ0v) is 12.8. The van der Waals surface area contributed by atoms with E-state index in [9.17, 15) is 0 Å².